The molecule has 3 aliphatic rings. The molecule has 3 amide bonds. The molecular formula is C24H22ClN3O5. The predicted octanol–water partition coefficient (Wildman–Crippen LogP) is 2.17. The minimum Gasteiger partial charge on any atom is -0.481 e. The van der Waals surface area contributed by atoms with Gasteiger partial charge in [-0.25, -0.2) is 0 Å². The summed E-state index contributed by atoms with van der Waals surface area (Å²) in [5.41, 5.74) is 0.444. The van der Waals surface area contributed by atoms with Crippen molar-refractivity contribution in [2.24, 2.45) is 11.8 Å². The number of benzene rings is 2. The Morgan fingerprint density at radius 1 is 1.06 bits per heavy atom. The lowest BCUT2D eigenvalue weighted by atomic mass is 9.76. The second-order valence-corrected chi connectivity index (χ2v) is 9.08. The number of rotatable bonds is 6. The largest absolute Gasteiger partial charge is 0.481 e. The molecule has 0 aliphatic carbocycles. The highest BCUT2D eigenvalue weighted by molar-refractivity contribution is 6.35. The summed E-state index contributed by atoms with van der Waals surface area (Å²) in [5.74, 6) is -4.06. The number of nitrogens with zero attached hydrogens (tertiary/aromatic N) is 1. The molecule has 5 rings (SSSR count). The minimum absolute atomic E-state index is 0.118. The van der Waals surface area contributed by atoms with E-state index in [-0.39, 0.29) is 25.3 Å². The number of anilines is 1. The molecule has 3 heterocycles. The number of halogens is 1. The van der Waals surface area contributed by atoms with Crippen molar-refractivity contribution >= 4 is 41.0 Å². The first-order valence-corrected chi connectivity index (χ1v) is 11.2. The second kappa shape index (κ2) is 7.97. The smallest absolute Gasteiger partial charge is 0.303 e. The molecular weight excluding hydrogens is 446 g/mol. The van der Waals surface area contributed by atoms with Crippen LogP contribution in [0, 0.1) is 11.8 Å². The third-order valence-corrected chi connectivity index (χ3v) is 7.24. The van der Waals surface area contributed by atoms with Gasteiger partial charge in [0.25, 0.3) is 0 Å². The zero-order chi connectivity index (χ0) is 23.3. The molecule has 9 heteroatoms. The number of imide groups is 1. The van der Waals surface area contributed by atoms with Crippen molar-refractivity contribution in [3.63, 3.8) is 0 Å². The minimum atomic E-state index is -1.47. The zero-order valence-electron chi connectivity index (χ0n) is 17.6. The van der Waals surface area contributed by atoms with Crippen LogP contribution in [0.2, 0.25) is 5.02 Å². The number of carbonyl (C=O) groups is 4. The SMILES string of the molecule is O=C(O)CC[C@H]1N[C@]2(C(=O)Nc3c(Cl)cccc32)[C@@H]2C(=O)N(CCc3ccccc3)C(=O)[C@H]21. The lowest BCUT2D eigenvalue weighted by molar-refractivity contribution is -0.143. The van der Waals surface area contributed by atoms with Crippen LogP contribution >= 0.6 is 11.6 Å². The number of carbonyl (C=O) groups excluding carboxylic acids is 3. The van der Waals surface area contributed by atoms with Gasteiger partial charge in [-0.2, -0.15) is 0 Å². The van der Waals surface area contributed by atoms with Crippen molar-refractivity contribution in [1.29, 1.82) is 0 Å². The number of hydrogen-bond acceptors (Lipinski definition) is 5. The van der Waals surface area contributed by atoms with Crippen molar-refractivity contribution < 1.29 is 24.3 Å². The molecule has 0 saturated carbocycles. The van der Waals surface area contributed by atoms with Crippen molar-refractivity contribution in [3.05, 3.63) is 64.7 Å². The lowest BCUT2D eigenvalue weighted by Gasteiger charge is -2.29. The van der Waals surface area contributed by atoms with Gasteiger partial charge in [0.15, 0.2) is 0 Å². The van der Waals surface area contributed by atoms with E-state index in [2.05, 4.69) is 10.6 Å². The Morgan fingerprint density at radius 3 is 2.55 bits per heavy atom. The second-order valence-electron chi connectivity index (χ2n) is 8.67. The van der Waals surface area contributed by atoms with Crippen LogP contribution in [-0.4, -0.2) is 46.3 Å². The summed E-state index contributed by atoms with van der Waals surface area (Å²) in [6, 6.07) is 13.9. The van der Waals surface area contributed by atoms with Gasteiger partial charge in [0.05, 0.1) is 22.5 Å². The van der Waals surface area contributed by atoms with Crippen LogP contribution in [0.4, 0.5) is 5.69 Å². The maximum absolute atomic E-state index is 13.6. The molecule has 0 bridgehead atoms. The van der Waals surface area contributed by atoms with E-state index in [0.29, 0.717) is 22.7 Å². The van der Waals surface area contributed by atoms with Crippen LogP contribution in [0.5, 0.6) is 0 Å². The Kier molecular flexibility index (Phi) is 5.22. The van der Waals surface area contributed by atoms with Crippen LogP contribution in [0.15, 0.2) is 48.5 Å². The molecule has 0 aromatic heterocycles. The van der Waals surface area contributed by atoms with E-state index < -0.39 is 41.2 Å². The normalized spacial score (nSPS) is 27.7. The number of carboxylic acid groups (broad SMARTS) is 1. The molecule has 2 saturated heterocycles. The van der Waals surface area contributed by atoms with Gasteiger partial charge in [-0.3, -0.25) is 29.4 Å². The number of carboxylic acids is 1. The summed E-state index contributed by atoms with van der Waals surface area (Å²) in [6.45, 7) is 0.195. The zero-order valence-corrected chi connectivity index (χ0v) is 18.3. The first-order chi connectivity index (χ1) is 15.8. The fraction of sp³-hybridized carbons (Fsp3) is 0.333. The van der Waals surface area contributed by atoms with Gasteiger partial charge in [-0.05, 0) is 24.5 Å². The fourth-order valence-corrected chi connectivity index (χ4v) is 5.71. The molecule has 0 radical (unpaired) electrons. The molecule has 1 spiro atoms. The number of nitrogens with one attached hydrogen (secondary N) is 2. The maximum atomic E-state index is 13.6. The van der Waals surface area contributed by atoms with E-state index in [1.165, 1.54) is 4.90 Å². The first-order valence-electron chi connectivity index (χ1n) is 10.8. The third-order valence-electron chi connectivity index (χ3n) is 6.93. The monoisotopic (exact) mass is 467 g/mol. The molecule has 4 atom stereocenters. The van der Waals surface area contributed by atoms with Crippen molar-refractivity contribution in [2.45, 2.75) is 30.8 Å². The number of likely N-dealkylation sites (tertiary alicyclic amines) is 1. The summed E-state index contributed by atoms with van der Waals surface area (Å²) < 4.78 is 0. The van der Waals surface area contributed by atoms with E-state index in [1.807, 2.05) is 30.3 Å². The average molecular weight is 468 g/mol. The van der Waals surface area contributed by atoms with E-state index in [9.17, 15) is 24.3 Å². The van der Waals surface area contributed by atoms with Gasteiger partial charge in [0.1, 0.15) is 5.54 Å². The quantitative estimate of drug-likeness (QED) is 0.561. The van der Waals surface area contributed by atoms with Gasteiger partial charge < -0.3 is 10.4 Å². The maximum Gasteiger partial charge on any atom is 0.303 e. The van der Waals surface area contributed by atoms with Gasteiger partial charge in [-0.15, -0.1) is 0 Å². The number of fused-ring (bicyclic) bond motifs is 4. The van der Waals surface area contributed by atoms with Crippen LogP contribution in [0.3, 0.4) is 0 Å². The first kappa shape index (κ1) is 21.6. The van der Waals surface area contributed by atoms with E-state index >= 15 is 0 Å². The Morgan fingerprint density at radius 2 is 1.82 bits per heavy atom. The summed E-state index contributed by atoms with van der Waals surface area (Å²) in [4.78, 5) is 52.9. The predicted molar refractivity (Wildman–Crippen MR) is 119 cm³/mol. The Bertz CT molecular complexity index is 1170. The van der Waals surface area contributed by atoms with E-state index in [1.54, 1.807) is 18.2 Å². The van der Waals surface area contributed by atoms with Gasteiger partial charge in [0, 0.05) is 24.6 Å². The average Bonchev–Trinajstić information content (AvgIpc) is 3.38. The van der Waals surface area contributed by atoms with Crippen LogP contribution in [-0.2, 0) is 31.1 Å². The lowest BCUT2D eigenvalue weighted by Crippen LogP contribution is -2.53. The summed E-state index contributed by atoms with van der Waals surface area (Å²) in [5, 5.41) is 15.5. The van der Waals surface area contributed by atoms with Crippen LogP contribution in [0.1, 0.15) is 24.0 Å². The molecule has 33 heavy (non-hydrogen) atoms. The Labute approximate surface area is 194 Å². The molecule has 170 valence electrons. The molecule has 2 aromatic rings. The van der Waals surface area contributed by atoms with Crippen molar-refractivity contribution in [3.8, 4) is 0 Å². The molecule has 3 N–H and O–H groups in total. The topological polar surface area (TPSA) is 116 Å². The number of hydrogen-bond donors (Lipinski definition) is 3. The van der Waals surface area contributed by atoms with Gasteiger partial charge in [0.2, 0.25) is 17.7 Å². The van der Waals surface area contributed by atoms with Crippen LogP contribution in [0.25, 0.3) is 0 Å². The Balaban J connectivity index is 1.53. The number of para-hydroxylation sites is 1. The summed E-state index contributed by atoms with van der Waals surface area (Å²) in [7, 11) is 0. The molecule has 8 nitrogen and oxygen atoms in total. The highest BCUT2D eigenvalue weighted by Gasteiger charge is 2.70. The molecule has 2 aromatic carbocycles. The summed E-state index contributed by atoms with van der Waals surface area (Å²) >= 11 is 6.31. The Hall–Kier alpha value is -3.23. The highest BCUT2D eigenvalue weighted by atomic mass is 35.5. The molecule has 3 aliphatic heterocycles. The standard InChI is InChI=1S/C24H22ClN3O5/c25-15-8-4-7-14-20(15)26-23(33)24(14)19-18(16(27-24)9-10-17(29)30)21(31)28(22(19)32)12-11-13-5-2-1-3-6-13/h1-8,16,18-19,27H,9-12H2,(H,26,33)(H,29,30)/t16-,18+,19+,24+/m1/s1. The molecule has 2 fully saturated rings. The van der Waals surface area contributed by atoms with Gasteiger partial charge in [-0.1, -0.05) is 54.1 Å². The van der Waals surface area contributed by atoms with E-state index in [4.69, 9.17) is 11.6 Å². The van der Waals surface area contributed by atoms with Crippen molar-refractivity contribution in [2.75, 3.05) is 11.9 Å². The number of aliphatic carboxylic acids is 1. The number of amides is 3. The van der Waals surface area contributed by atoms with Gasteiger partial charge >= 0.3 is 5.97 Å². The van der Waals surface area contributed by atoms with E-state index in [0.717, 1.165) is 5.56 Å². The van der Waals surface area contributed by atoms with Crippen molar-refractivity contribution in [1.82, 2.24) is 10.2 Å². The van der Waals surface area contributed by atoms with Crippen LogP contribution < -0.4 is 10.6 Å². The summed E-state index contributed by atoms with van der Waals surface area (Å²) in [6.07, 6.45) is 0.423. The third kappa shape index (κ3) is 3.24. The highest BCUT2D eigenvalue weighted by Crippen LogP contribution is 2.54. The molecule has 0 unspecified atom stereocenters. The fourth-order valence-electron chi connectivity index (χ4n) is 5.49.